The fourth-order valence-corrected chi connectivity index (χ4v) is 6.76. The van der Waals surface area contributed by atoms with Gasteiger partial charge < -0.3 is 9.84 Å². The Morgan fingerprint density at radius 3 is 2.31 bits per heavy atom. The number of aliphatic hydroxyl groups excluding tert-OH is 1. The number of aliphatic hydroxyl groups is 1. The molecule has 0 aliphatic heterocycles. The number of nitrogens with one attached hydrogen (secondary N) is 1. The molecule has 3 aromatic carbocycles. The fourth-order valence-electron chi connectivity index (χ4n) is 6.42. The zero-order chi connectivity index (χ0) is 25.3. The zero-order valence-electron chi connectivity index (χ0n) is 20.2. The van der Waals surface area contributed by atoms with E-state index in [-0.39, 0.29) is 37.3 Å². The first-order chi connectivity index (χ1) is 17.4. The molecule has 2 aliphatic carbocycles. The summed E-state index contributed by atoms with van der Waals surface area (Å²) >= 11 is 5.58. The molecule has 4 nitrogen and oxygen atoms in total. The number of rotatable bonds is 6. The van der Waals surface area contributed by atoms with E-state index < -0.39 is 11.5 Å². The van der Waals surface area contributed by atoms with E-state index >= 15 is 0 Å². The van der Waals surface area contributed by atoms with E-state index in [2.05, 4.69) is 36.5 Å². The average molecular weight is 504 g/mol. The van der Waals surface area contributed by atoms with Gasteiger partial charge in [0.2, 0.25) is 0 Å². The first-order valence-electron chi connectivity index (χ1n) is 12.4. The van der Waals surface area contributed by atoms with Crippen LogP contribution in [0.3, 0.4) is 0 Å². The number of thiocarbonyl (C=S) groups is 1. The maximum absolute atomic E-state index is 14.9. The Balaban J connectivity index is 1.29. The van der Waals surface area contributed by atoms with E-state index in [0.717, 1.165) is 28.7 Å². The monoisotopic (exact) mass is 503 g/mol. The van der Waals surface area contributed by atoms with Crippen molar-refractivity contribution in [3.05, 3.63) is 95.3 Å². The number of fused-ring (bicyclic) bond motifs is 3. The highest BCUT2D eigenvalue weighted by atomic mass is 32.1. The van der Waals surface area contributed by atoms with E-state index in [1.807, 2.05) is 24.3 Å². The number of amides is 1. The maximum atomic E-state index is 14.9. The van der Waals surface area contributed by atoms with Crippen LogP contribution in [0.2, 0.25) is 0 Å². The second-order valence-corrected chi connectivity index (χ2v) is 10.6. The number of hydrogen-bond acceptors (Lipinski definition) is 4. The normalized spacial score (nSPS) is 22.6. The Kier molecular flexibility index (Phi) is 6.91. The molecule has 0 radical (unpaired) electrons. The molecule has 0 bridgehead atoms. The molecule has 6 heteroatoms. The largest absolute Gasteiger partial charge is 0.448 e. The molecule has 0 saturated heterocycles. The lowest BCUT2D eigenvalue weighted by Crippen LogP contribution is -2.41. The highest BCUT2D eigenvalue weighted by molar-refractivity contribution is 7.80. The van der Waals surface area contributed by atoms with Gasteiger partial charge in [-0.1, -0.05) is 85.9 Å². The van der Waals surface area contributed by atoms with Crippen LogP contribution in [0.15, 0.2) is 72.8 Å². The summed E-state index contributed by atoms with van der Waals surface area (Å²) in [5, 5.41) is 12.9. The summed E-state index contributed by atoms with van der Waals surface area (Å²) < 4.78 is 20.6. The van der Waals surface area contributed by atoms with Gasteiger partial charge in [-0.3, -0.25) is 5.32 Å². The van der Waals surface area contributed by atoms with Crippen LogP contribution in [0.1, 0.15) is 48.8 Å². The molecule has 1 amide bonds. The van der Waals surface area contributed by atoms with E-state index in [4.69, 9.17) is 17.0 Å². The van der Waals surface area contributed by atoms with Gasteiger partial charge in [0.15, 0.2) is 0 Å². The number of carbonyl (C=O) groups is 1. The van der Waals surface area contributed by atoms with Crippen molar-refractivity contribution in [2.24, 2.45) is 11.8 Å². The summed E-state index contributed by atoms with van der Waals surface area (Å²) in [5.74, 6) is -0.199. The predicted molar refractivity (Wildman–Crippen MR) is 142 cm³/mol. The lowest BCUT2D eigenvalue weighted by molar-refractivity contribution is 0.147. The number of carbonyl (C=O) groups excluding carboxylic acids is 1. The van der Waals surface area contributed by atoms with Crippen molar-refractivity contribution < 1.29 is 19.0 Å². The van der Waals surface area contributed by atoms with Crippen LogP contribution < -0.4 is 5.32 Å². The van der Waals surface area contributed by atoms with Crippen LogP contribution in [0.5, 0.6) is 0 Å². The molecule has 2 N–H and O–H groups in total. The third-order valence-corrected chi connectivity index (χ3v) is 8.12. The topological polar surface area (TPSA) is 58.6 Å². The van der Waals surface area contributed by atoms with E-state index in [9.17, 15) is 14.3 Å². The van der Waals surface area contributed by atoms with Crippen molar-refractivity contribution in [3.8, 4) is 11.1 Å². The van der Waals surface area contributed by atoms with Gasteiger partial charge in [-0.25, -0.2) is 9.18 Å². The van der Waals surface area contributed by atoms with Crippen LogP contribution >= 0.6 is 12.2 Å². The van der Waals surface area contributed by atoms with Gasteiger partial charge in [0.05, 0.1) is 4.99 Å². The van der Waals surface area contributed by atoms with Crippen molar-refractivity contribution in [1.29, 1.82) is 0 Å². The highest BCUT2D eigenvalue weighted by Crippen LogP contribution is 2.51. The van der Waals surface area contributed by atoms with Crippen LogP contribution in [0.25, 0.3) is 11.1 Å². The summed E-state index contributed by atoms with van der Waals surface area (Å²) in [6, 6.07) is 23.0. The average Bonchev–Trinajstić information content (AvgIpc) is 3.37. The Morgan fingerprint density at radius 1 is 1.06 bits per heavy atom. The number of ether oxygens (including phenoxy) is 1. The summed E-state index contributed by atoms with van der Waals surface area (Å²) in [5.41, 5.74) is 4.47. The molecule has 1 saturated carbocycles. The van der Waals surface area contributed by atoms with Crippen LogP contribution in [-0.4, -0.2) is 29.4 Å². The van der Waals surface area contributed by atoms with Crippen LogP contribution in [0.4, 0.5) is 9.18 Å². The Labute approximate surface area is 216 Å². The fraction of sp³-hybridized carbons (Fsp3) is 0.333. The molecule has 5 rings (SSSR count). The molecule has 186 valence electrons. The molecule has 3 atom stereocenters. The Hall–Kier alpha value is -3.09. The molecule has 36 heavy (non-hydrogen) atoms. The molecule has 0 spiro atoms. The Morgan fingerprint density at radius 2 is 1.67 bits per heavy atom. The standard InChI is InChI=1S/C30H30FNO3S/c1-19-14-20(17-33)30(15-19,26-12-6-7-13-27(26)31)16-28(36)32-29(34)35-18-25-23-10-4-2-8-21(23)22-9-3-5-11-24(22)25/h2-13,19-20,25,33H,14-18H2,1H3,(H,32,34,36)/t19-,20-,30-/m0/s1. The summed E-state index contributed by atoms with van der Waals surface area (Å²) in [6.45, 7) is 2.23. The number of benzene rings is 3. The van der Waals surface area contributed by atoms with Crippen molar-refractivity contribution in [1.82, 2.24) is 5.32 Å². The van der Waals surface area contributed by atoms with Gasteiger partial charge in [-0.15, -0.1) is 0 Å². The van der Waals surface area contributed by atoms with Crippen molar-refractivity contribution in [3.63, 3.8) is 0 Å². The van der Waals surface area contributed by atoms with Gasteiger partial charge in [0.25, 0.3) is 0 Å². The van der Waals surface area contributed by atoms with Gasteiger partial charge in [0, 0.05) is 24.4 Å². The van der Waals surface area contributed by atoms with Crippen molar-refractivity contribution >= 4 is 23.3 Å². The summed E-state index contributed by atoms with van der Waals surface area (Å²) in [4.78, 5) is 13.1. The lowest BCUT2D eigenvalue weighted by atomic mass is 9.69. The molecule has 0 unspecified atom stereocenters. The quantitative estimate of drug-likeness (QED) is 0.385. The van der Waals surface area contributed by atoms with Crippen LogP contribution in [-0.2, 0) is 10.2 Å². The minimum Gasteiger partial charge on any atom is -0.448 e. The smallest absolute Gasteiger partial charge is 0.412 e. The highest BCUT2D eigenvalue weighted by Gasteiger charge is 2.48. The maximum Gasteiger partial charge on any atom is 0.412 e. The molecular formula is C30H30FNO3S. The third-order valence-electron chi connectivity index (χ3n) is 7.87. The Bertz CT molecular complexity index is 1250. The van der Waals surface area contributed by atoms with Crippen molar-refractivity contribution in [2.75, 3.05) is 13.2 Å². The third kappa shape index (κ3) is 4.44. The SMILES string of the molecule is C[C@H]1C[C@@H](CO)[C@](CC(=S)NC(=O)OCC2c3ccccc3-c3ccccc32)(c2ccccc2F)C1. The molecule has 2 aliphatic rings. The van der Waals surface area contributed by atoms with Crippen LogP contribution in [0, 0.1) is 17.7 Å². The van der Waals surface area contributed by atoms with E-state index in [1.54, 1.807) is 18.2 Å². The first-order valence-corrected chi connectivity index (χ1v) is 12.8. The van der Waals surface area contributed by atoms with Gasteiger partial charge in [0.1, 0.15) is 12.4 Å². The number of alkyl carbamates (subject to hydrolysis) is 1. The van der Waals surface area contributed by atoms with E-state index in [0.29, 0.717) is 22.9 Å². The summed E-state index contributed by atoms with van der Waals surface area (Å²) in [6.07, 6.45) is 1.12. The first kappa shape index (κ1) is 24.6. The number of hydrogen-bond donors (Lipinski definition) is 2. The summed E-state index contributed by atoms with van der Waals surface area (Å²) in [7, 11) is 0. The second-order valence-electron chi connectivity index (χ2n) is 10.1. The second kappa shape index (κ2) is 10.1. The van der Waals surface area contributed by atoms with Crippen molar-refractivity contribution in [2.45, 2.75) is 37.5 Å². The molecular weight excluding hydrogens is 473 g/mol. The molecule has 0 aromatic heterocycles. The van der Waals surface area contributed by atoms with Gasteiger partial charge >= 0.3 is 6.09 Å². The van der Waals surface area contributed by atoms with E-state index in [1.165, 1.54) is 6.07 Å². The molecule has 0 heterocycles. The minimum absolute atomic E-state index is 0.0454. The minimum atomic E-state index is -0.673. The molecule has 3 aromatic rings. The van der Waals surface area contributed by atoms with Gasteiger partial charge in [-0.2, -0.15) is 0 Å². The zero-order valence-corrected chi connectivity index (χ0v) is 21.1. The molecule has 1 fully saturated rings. The lowest BCUT2D eigenvalue weighted by Gasteiger charge is -2.36. The number of halogens is 1. The van der Waals surface area contributed by atoms with Gasteiger partial charge in [-0.05, 0) is 58.6 Å². The predicted octanol–water partition coefficient (Wildman–Crippen LogP) is 6.36.